The zero-order chi connectivity index (χ0) is 31.3. The van der Waals surface area contributed by atoms with Gasteiger partial charge in [0.2, 0.25) is 0 Å². The van der Waals surface area contributed by atoms with E-state index in [1.165, 1.54) is 75.2 Å². The molecule has 0 spiro atoms. The Morgan fingerprint density at radius 3 is 2.50 bits per heavy atom. The summed E-state index contributed by atoms with van der Waals surface area (Å²) >= 11 is 2.11. The van der Waals surface area contributed by atoms with Crippen LogP contribution in [0.5, 0.6) is 17.2 Å². The van der Waals surface area contributed by atoms with Gasteiger partial charge in [-0.2, -0.15) is 0 Å². The van der Waals surface area contributed by atoms with Gasteiger partial charge in [-0.05, 0) is 0 Å². The molecule has 6 heteroatoms. The molecule has 48 heavy (non-hydrogen) atoms. The summed E-state index contributed by atoms with van der Waals surface area (Å²) in [5, 5.41) is 2.68. The van der Waals surface area contributed by atoms with Crippen LogP contribution in [0.15, 0.2) is 133 Å². The first-order valence-corrected chi connectivity index (χ1v) is 19.3. The van der Waals surface area contributed by atoms with E-state index in [0.717, 1.165) is 47.2 Å². The van der Waals surface area contributed by atoms with E-state index in [4.69, 9.17) is 9.47 Å². The molecule has 4 heterocycles. The monoisotopic (exact) mass is 701 g/mol. The van der Waals surface area contributed by atoms with Gasteiger partial charge < -0.3 is 0 Å². The van der Waals surface area contributed by atoms with E-state index >= 15 is 0 Å². The van der Waals surface area contributed by atoms with Gasteiger partial charge in [-0.25, -0.2) is 0 Å². The Kier molecular flexibility index (Phi) is 5.89. The SMILES string of the molecule is c1ccc2c(c1)OC1=C(CCCC1)N2c1ccc2c(c1)Oc1cccc3c1B2c1cc(-c2cccc4c2sc2ccccc24)ccc1[Se]3. The van der Waals surface area contributed by atoms with Crippen LogP contribution >= 0.6 is 11.3 Å². The molecule has 0 saturated heterocycles. The second-order valence-electron chi connectivity index (χ2n) is 13.0. The summed E-state index contributed by atoms with van der Waals surface area (Å²) in [6.07, 6.45) is 4.34. The van der Waals surface area contributed by atoms with E-state index in [9.17, 15) is 0 Å². The van der Waals surface area contributed by atoms with Crippen molar-refractivity contribution in [2.45, 2.75) is 25.7 Å². The number of anilines is 2. The molecule has 0 N–H and O–H groups in total. The first kappa shape index (κ1) is 27.2. The molecular weight excluding hydrogens is 672 g/mol. The van der Waals surface area contributed by atoms with Gasteiger partial charge in [0.25, 0.3) is 0 Å². The number of nitrogens with zero attached hydrogens (tertiary/aromatic N) is 1. The standard InChI is InChI=1S/C42H28BNO2SSe/c1-6-17-38-28(9-1)29-11-7-10-27(42(29)47-38)25-19-22-39-31(23-25)43-30-21-20-26(24-37(30)46-36-16-8-18-40(48-39)41(36)43)44-32-12-2-4-14-34(32)45-35-15-5-3-13-33(35)44/h1-2,4,6-12,14,16-24H,3,5,13,15H2. The van der Waals surface area contributed by atoms with Gasteiger partial charge in [0, 0.05) is 0 Å². The van der Waals surface area contributed by atoms with Gasteiger partial charge in [0.15, 0.2) is 0 Å². The zero-order valence-corrected chi connectivity index (χ0v) is 28.6. The van der Waals surface area contributed by atoms with Crippen molar-refractivity contribution >= 4 is 89.9 Å². The Hall–Kier alpha value is -4.74. The van der Waals surface area contributed by atoms with Gasteiger partial charge >= 0.3 is 291 Å². The van der Waals surface area contributed by atoms with Crippen LogP contribution in [0.4, 0.5) is 11.4 Å². The Morgan fingerprint density at radius 1 is 0.646 bits per heavy atom. The summed E-state index contributed by atoms with van der Waals surface area (Å²) in [4.78, 5) is 2.42. The van der Waals surface area contributed by atoms with Crippen LogP contribution < -0.4 is 39.7 Å². The van der Waals surface area contributed by atoms with E-state index in [1.54, 1.807) is 0 Å². The maximum atomic E-state index is 6.84. The van der Waals surface area contributed by atoms with Crippen molar-refractivity contribution in [3.63, 3.8) is 0 Å². The zero-order valence-electron chi connectivity index (χ0n) is 26.0. The molecule has 0 radical (unpaired) electrons. The molecule has 0 unspecified atom stereocenters. The fraction of sp³-hybridized carbons (Fsp3) is 0.0952. The van der Waals surface area contributed by atoms with Gasteiger partial charge in [0.1, 0.15) is 0 Å². The molecule has 228 valence electrons. The van der Waals surface area contributed by atoms with Gasteiger partial charge in [0.05, 0.1) is 0 Å². The summed E-state index contributed by atoms with van der Waals surface area (Å²) in [7, 11) is 0. The fourth-order valence-corrected chi connectivity index (χ4v) is 11.8. The Bertz CT molecular complexity index is 2540. The number of thiophene rings is 1. The van der Waals surface area contributed by atoms with Crippen LogP contribution in [0.3, 0.4) is 0 Å². The third kappa shape index (κ3) is 3.94. The van der Waals surface area contributed by atoms with Crippen molar-refractivity contribution in [3.05, 3.63) is 133 Å². The van der Waals surface area contributed by atoms with Gasteiger partial charge in [-0.1, -0.05) is 0 Å². The van der Waals surface area contributed by atoms with Gasteiger partial charge in [-0.3, -0.25) is 0 Å². The van der Waals surface area contributed by atoms with Crippen LogP contribution in [-0.2, 0) is 0 Å². The number of fused-ring (bicyclic) bond motifs is 8. The second kappa shape index (κ2) is 10.4. The van der Waals surface area contributed by atoms with Crippen molar-refractivity contribution < 1.29 is 9.47 Å². The normalized spacial score (nSPS) is 15.7. The summed E-state index contributed by atoms with van der Waals surface area (Å²) in [5.74, 6) is 3.97. The number of para-hydroxylation sites is 2. The average molecular weight is 701 g/mol. The molecule has 4 aliphatic rings. The van der Waals surface area contributed by atoms with E-state index < -0.39 is 0 Å². The molecule has 11 rings (SSSR count). The number of rotatable bonds is 2. The number of ether oxygens (including phenoxy) is 2. The topological polar surface area (TPSA) is 21.7 Å². The minimum absolute atomic E-state index is 0.127. The molecule has 0 atom stereocenters. The first-order chi connectivity index (χ1) is 23.8. The summed E-state index contributed by atoms with van der Waals surface area (Å²) in [5.41, 5.74) is 10.1. The second-order valence-corrected chi connectivity index (χ2v) is 16.4. The molecule has 0 amide bonds. The third-order valence-corrected chi connectivity index (χ3v) is 14.0. The molecular formula is C42H28BNO2SSe. The molecule has 0 fully saturated rings. The summed E-state index contributed by atoms with van der Waals surface area (Å²) in [6, 6.07) is 44.8. The summed E-state index contributed by atoms with van der Waals surface area (Å²) in [6.45, 7) is 0.127. The molecule has 1 aromatic heterocycles. The Morgan fingerprint density at radius 2 is 1.50 bits per heavy atom. The number of allylic oxidation sites excluding steroid dienone is 2. The van der Waals surface area contributed by atoms with E-state index in [2.05, 4.69) is 126 Å². The summed E-state index contributed by atoms with van der Waals surface area (Å²) < 4.78 is 18.9. The molecule has 0 bridgehead atoms. The molecule has 6 aromatic carbocycles. The van der Waals surface area contributed by atoms with Gasteiger partial charge in [-0.15, -0.1) is 0 Å². The third-order valence-electron chi connectivity index (χ3n) is 10.4. The molecule has 0 saturated carbocycles. The maximum absolute atomic E-state index is 6.84. The van der Waals surface area contributed by atoms with E-state index in [1.807, 2.05) is 11.3 Å². The van der Waals surface area contributed by atoms with Crippen LogP contribution in [0.2, 0.25) is 0 Å². The van der Waals surface area contributed by atoms with Crippen molar-refractivity contribution in [2.24, 2.45) is 0 Å². The van der Waals surface area contributed by atoms with Crippen LogP contribution in [0, 0.1) is 0 Å². The number of hydrogen-bond donors (Lipinski definition) is 0. The van der Waals surface area contributed by atoms with Crippen molar-refractivity contribution in [1.82, 2.24) is 0 Å². The van der Waals surface area contributed by atoms with Crippen LogP contribution in [0.25, 0.3) is 31.3 Å². The quantitative estimate of drug-likeness (QED) is 0.173. The average Bonchev–Trinajstić information content (AvgIpc) is 3.52. The van der Waals surface area contributed by atoms with Crippen LogP contribution in [-0.4, -0.2) is 21.7 Å². The predicted molar refractivity (Wildman–Crippen MR) is 202 cm³/mol. The molecule has 3 aliphatic heterocycles. The minimum atomic E-state index is 0.127. The molecule has 3 nitrogen and oxygen atoms in total. The molecule has 1 aliphatic carbocycles. The number of benzene rings is 6. The van der Waals surface area contributed by atoms with E-state index in [0.29, 0.717) is 0 Å². The first-order valence-electron chi connectivity index (χ1n) is 16.7. The number of hydrogen-bond acceptors (Lipinski definition) is 4. The van der Waals surface area contributed by atoms with Crippen molar-refractivity contribution in [3.8, 4) is 28.4 Å². The fourth-order valence-electron chi connectivity index (χ4n) is 8.21. The molecule has 7 aromatic rings. The van der Waals surface area contributed by atoms with E-state index in [-0.39, 0.29) is 21.7 Å². The Labute approximate surface area is 289 Å². The predicted octanol–water partition coefficient (Wildman–Crippen LogP) is 7.63. The Balaban J connectivity index is 1.08. The van der Waals surface area contributed by atoms with Crippen LogP contribution in [0.1, 0.15) is 25.7 Å². The van der Waals surface area contributed by atoms with Crippen molar-refractivity contribution in [1.29, 1.82) is 0 Å². The van der Waals surface area contributed by atoms with Crippen molar-refractivity contribution in [2.75, 3.05) is 4.90 Å².